The minimum atomic E-state index is -0.329. The first-order chi connectivity index (χ1) is 16.9. The number of nitrogens with one attached hydrogen (secondary N) is 2. The van der Waals surface area contributed by atoms with Gasteiger partial charge in [0.05, 0.1) is 31.1 Å². The van der Waals surface area contributed by atoms with Gasteiger partial charge in [-0.15, -0.1) is 0 Å². The number of quaternary nitrogens is 1. The molecule has 0 radical (unpaired) electrons. The fourth-order valence-corrected chi connectivity index (χ4v) is 4.19. The molecule has 0 aliphatic carbocycles. The van der Waals surface area contributed by atoms with Crippen LogP contribution in [0.5, 0.6) is 0 Å². The van der Waals surface area contributed by atoms with Crippen LogP contribution < -0.4 is 10.6 Å². The number of pyridine rings is 1. The van der Waals surface area contributed by atoms with E-state index < -0.39 is 0 Å². The van der Waals surface area contributed by atoms with Crippen molar-refractivity contribution in [2.45, 2.75) is 32.7 Å². The second-order valence-corrected chi connectivity index (χ2v) is 8.62. The van der Waals surface area contributed by atoms with Crippen LogP contribution in [0.4, 0.5) is 5.82 Å². The van der Waals surface area contributed by atoms with Crippen LogP contribution in [0.3, 0.4) is 0 Å². The fraction of sp³-hybridized carbons (Fsp3) is 0.222. The van der Waals surface area contributed by atoms with E-state index in [0.717, 1.165) is 41.2 Å². The molecule has 2 amide bonds. The average molecular weight is 470 g/mol. The Hall–Kier alpha value is -4.17. The molecule has 0 fully saturated rings. The molecule has 2 unspecified atom stereocenters. The van der Waals surface area contributed by atoms with E-state index in [1.807, 2.05) is 44.4 Å². The molecular weight excluding hydrogens is 440 g/mol. The summed E-state index contributed by atoms with van der Waals surface area (Å²) in [5.41, 5.74) is 4.13. The summed E-state index contributed by atoms with van der Waals surface area (Å²) in [6, 6.07) is 10.8. The summed E-state index contributed by atoms with van der Waals surface area (Å²) >= 11 is 0. The molecule has 1 aromatic carbocycles. The first-order valence-corrected chi connectivity index (χ1v) is 11.6. The number of fused-ring (bicyclic) bond motifs is 1. The van der Waals surface area contributed by atoms with Crippen molar-refractivity contribution in [3.05, 3.63) is 95.7 Å². The molecule has 0 saturated carbocycles. The number of aliphatic imine (C=N–C) groups is 2. The molecule has 0 bridgehead atoms. The molecule has 1 aromatic heterocycles. The van der Waals surface area contributed by atoms with Crippen LogP contribution in [0.2, 0.25) is 0 Å². The lowest BCUT2D eigenvalue weighted by Crippen LogP contribution is -2.43. The summed E-state index contributed by atoms with van der Waals surface area (Å²) in [6.07, 6.45) is 10.4. The minimum absolute atomic E-state index is 0.225. The number of allylic oxidation sites excluding steroid dienone is 1. The molecular formula is C27H29N6O2+. The van der Waals surface area contributed by atoms with E-state index in [-0.39, 0.29) is 17.9 Å². The number of hydrogen-bond donors (Lipinski definition) is 2. The van der Waals surface area contributed by atoms with Gasteiger partial charge in [0, 0.05) is 11.8 Å². The Bertz CT molecular complexity index is 1290. The van der Waals surface area contributed by atoms with E-state index in [4.69, 9.17) is 4.99 Å². The molecule has 0 saturated heterocycles. The predicted molar refractivity (Wildman–Crippen MR) is 138 cm³/mol. The quantitative estimate of drug-likeness (QED) is 0.453. The van der Waals surface area contributed by atoms with Crippen LogP contribution in [0.1, 0.15) is 41.8 Å². The number of amidine groups is 1. The van der Waals surface area contributed by atoms with Gasteiger partial charge in [-0.2, -0.15) is 4.99 Å². The molecule has 2 N–H and O–H groups in total. The van der Waals surface area contributed by atoms with Gasteiger partial charge in [-0.25, -0.2) is 9.47 Å². The van der Waals surface area contributed by atoms with E-state index in [2.05, 4.69) is 34.1 Å². The molecule has 8 heteroatoms. The first-order valence-electron chi connectivity index (χ1n) is 11.6. The van der Waals surface area contributed by atoms with E-state index in [9.17, 15) is 9.59 Å². The lowest BCUT2D eigenvalue weighted by molar-refractivity contribution is -0.713. The van der Waals surface area contributed by atoms with Crippen LogP contribution in [-0.2, 0) is 11.2 Å². The number of rotatable bonds is 8. The van der Waals surface area contributed by atoms with Crippen molar-refractivity contribution in [3.63, 3.8) is 0 Å². The third kappa shape index (κ3) is 4.88. The Labute approximate surface area is 205 Å². The van der Waals surface area contributed by atoms with E-state index in [0.29, 0.717) is 15.9 Å². The third-order valence-corrected chi connectivity index (χ3v) is 6.04. The van der Waals surface area contributed by atoms with Crippen LogP contribution in [-0.4, -0.2) is 46.4 Å². The number of hydrogen-bond acceptors (Lipinski definition) is 5. The zero-order valence-electron chi connectivity index (χ0n) is 20.2. The van der Waals surface area contributed by atoms with Gasteiger partial charge in [0.2, 0.25) is 11.7 Å². The lowest BCUT2D eigenvalue weighted by Gasteiger charge is -2.28. The summed E-state index contributed by atoms with van der Waals surface area (Å²) < 4.78 is 0.312. The van der Waals surface area contributed by atoms with Gasteiger partial charge >= 0.3 is 0 Å². The van der Waals surface area contributed by atoms with Crippen molar-refractivity contribution < 1.29 is 14.1 Å². The van der Waals surface area contributed by atoms with Gasteiger partial charge in [0.25, 0.3) is 5.91 Å². The highest BCUT2D eigenvalue weighted by Gasteiger charge is 2.43. The van der Waals surface area contributed by atoms with Crippen molar-refractivity contribution in [1.82, 2.24) is 10.3 Å². The molecule has 178 valence electrons. The Morgan fingerprint density at radius 3 is 2.69 bits per heavy atom. The number of carbonyl (C=O) groups is 2. The van der Waals surface area contributed by atoms with Crippen LogP contribution in [0, 0.1) is 0 Å². The van der Waals surface area contributed by atoms with Crippen molar-refractivity contribution >= 4 is 29.7 Å². The first kappa shape index (κ1) is 24.0. The normalized spacial score (nSPS) is 19.1. The molecule has 8 nitrogen and oxygen atoms in total. The Balaban J connectivity index is 1.57. The Morgan fingerprint density at radius 2 is 1.97 bits per heavy atom. The summed E-state index contributed by atoms with van der Waals surface area (Å²) in [6.45, 7) is 7.51. The van der Waals surface area contributed by atoms with E-state index >= 15 is 0 Å². The van der Waals surface area contributed by atoms with E-state index in [1.54, 1.807) is 30.7 Å². The molecule has 4 rings (SSSR count). The van der Waals surface area contributed by atoms with Crippen molar-refractivity contribution in [2.75, 3.05) is 12.4 Å². The summed E-state index contributed by atoms with van der Waals surface area (Å²) in [5.74, 6) is 0.821. The molecule has 3 heterocycles. The van der Waals surface area contributed by atoms with Gasteiger partial charge < -0.3 is 10.6 Å². The minimum Gasteiger partial charge on any atom is -0.344 e. The number of benzene rings is 1. The standard InChI is InChI=1S/C27H28N6O2/c1-5-7-19-12-13-29-23(16-19)31-27(35)21-10-8-20(9-11-21)26-32-25(18(3)30-24(34)6-2)22-17-28-14-15-33(22,26)4/h6,8-18H,2,5,7H2,1,3-4H3,(H-,29,30,31,34,35)/p+1. The maximum atomic E-state index is 12.8. The molecule has 2 atom stereocenters. The van der Waals surface area contributed by atoms with Crippen molar-refractivity contribution in [1.29, 1.82) is 0 Å². The fourth-order valence-electron chi connectivity index (χ4n) is 4.19. The zero-order chi connectivity index (χ0) is 25.0. The number of carbonyl (C=O) groups excluding carboxylic acids is 2. The van der Waals surface area contributed by atoms with Crippen molar-refractivity contribution in [3.8, 4) is 0 Å². The predicted octanol–water partition coefficient (Wildman–Crippen LogP) is 3.95. The maximum absolute atomic E-state index is 12.8. The zero-order valence-corrected chi connectivity index (χ0v) is 20.2. The summed E-state index contributed by atoms with van der Waals surface area (Å²) in [5, 5.41) is 5.75. The van der Waals surface area contributed by atoms with Crippen LogP contribution in [0.25, 0.3) is 0 Å². The monoisotopic (exact) mass is 469 g/mol. The van der Waals surface area contributed by atoms with Crippen LogP contribution >= 0.6 is 0 Å². The number of anilines is 1. The highest BCUT2D eigenvalue weighted by atomic mass is 16.2. The van der Waals surface area contributed by atoms with Gasteiger partial charge in [-0.05, 0) is 61.4 Å². The third-order valence-electron chi connectivity index (χ3n) is 6.04. The molecule has 2 aliphatic rings. The average Bonchev–Trinajstić information content (AvgIpc) is 3.17. The van der Waals surface area contributed by atoms with Crippen LogP contribution in [0.15, 0.2) is 89.0 Å². The van der Waals surface area contributed by atoms with Crippen molar-refractivity contribution in [2.24, 2.45) is 9.98 Å². The Kier molecular flexibility index (Phi) is 6.84. The van der Waals surface area contributed by atoms with Gasteiger partial charge in [-0.1, -0.05) is 19.9 Å². The van der Waals surface area contributed by atoms with E-state index in [1.165, 1.54) is 6.08 Å². The summed E-state index contributed by atoms with van der Waals surface area (Å²) in [4.78, 5) is 38.1. The highest BCUT2D eigenvalue weighted by molar-refractivity contribution is 6.05. The number of aromatic nitrogens is 1. The second-order valence-electron chi connectivity index (χ2n) is 8.62. The van der Waals surface area contributed by atoms with Gasteiger partial charge in [0.15, 0.2) is 5.70 Å². The molecule has 35 heavy (non-hydrogen) atoms. The number of nitrogens with zero attached hydrogens (tertiary/aromatic N) is 4. The number of aryl methyl sites for hydroxylation is 1. The largest absolute Gasteiger partial charge is 0.344 e. The molecule has 0 spiro atoms. The topological polar surface area (TPSA) is 95.8 Å². The molecule has 2 aliphatic heterocycles. The maximum Gasteiger partial charge on any atom is 0.256 e. The second kappa shape index (κ2) is 9.99. The highest BCUT2D eigenvalue weighted by Crippen LogP contribution is 2.34. The number of amides is 2. The van der Waals surface area contributed by atoms with Gasteiger partial charge in [0.1, 0.15) is 17.7 Å². The SMILES string of the molecule is C=CC(=O)NC(C)C1=C2C=NC=C[N+]2(C)C(c2ccc(C(=O)Nc3cc(CCC)ccn3)cc2)=N1. The Morgan fingerprint density at radius 1 is 1.20 bits per heavy atom. The lowest BCUT2D eigenvalue weighted by atomic mass is 10.1. The van der Waals surface area contributed by atoms with Gasteiger partial charge in [-0.3, -0.25) is 14.6 Å². The smallest absolute Gasteiger partial charge is 0.256 e. The molecule has 2 aromatic rings. The summed E-state index contributed by atoms with van der Waals surface area (Å²) in [7, 11) is 2.01.